The van der Waals surface area contributed by atoms with Gasteiger partial charge in [-0.25, -0.2) is 0 Å². The van der Waals surface area contributed by atoms with Crippen molar-refractivity contribution in [2.24, 2.45) is 11.8 Å². The van der Waals surface area contributed by atoms with E-state index in [1.807, 2.05) is 0 Å². The summed E-state index contributed by atoms with van der Waals surface area (Å²) in [6.45, 7) is 11.9. The fourth-order valence-corrected chi connectivity index (χ4v) is 1.83. The summed E-state index contributed by atoms with van der Waals surface area (Å²) in [4.78, 5) is 2.59. The van der Waals surface area contributed by atoms with E-state index in [0.29, 0.717) is 0 Å². The third-order valence-electron chi connectivity index (χ3n) is 2.93. The van der Waals surface area contributed by atoms with Crippen LogP contribution in [-0.2, 0) is 0 Å². The first kappa shape index (κ1) is 9.05. The maximum absolute atomic E-state index is 2.59. The average Bonchev–Trinajstić information content (AvgIpc) is 2.33. The molecule has 0 aromatic rings. The summed E-state index contributed by atoms with van der Waals surface area (Å²) >= 11 is 0. The number of likely N-dealkylation sites (tertiary alicyclic amines) is 1. The Morgan fingerprint density at radius 2 is 1.82 bits per heavy atom. The minimum atomic E-state index is 0.749. The molecule has 1 heterocycles. The summed E-state index contributed by atoms with van der Waals surface area (Å²) in [5.41, 5.74) is 0. The number of hydrogen-bond acceptors (Lipinski definition) is 1. The molecule has 1 atom stereocenters. The fourth-order valence-electron chi connectivity index (χ4n) is 1.83. The van der Waals surface area contributed by atoms with Crippen LogP contribution in [0.2, 0.25) is 0 Å². The molecule has 0 amide bonds. The smallest absolute Gasteiger partial charge is 0.00387 e. The van der Waals surface area contributed by atoms with Gasteiger partial charge in [-0.05, 0) is 38.6 Å². The molecule has 11 heavy (non-hydrogen) atoms. The highest BCUT2D eigenvalue weighted by Gasteiger charge is 2.25. The predicted molar refractivity (Wildman–Crippen MR) is 49.7 cm³/mol. The molecule has 0 radical (unpaired) electrons. The number of nitrogens with zero attached hydrogens (tertiary/aromatic N) is 1. The van der Waals surface area contributed by atoms with Gasteiger partial charge in [0, 0.05) is 12.6 Å². The molecule has 0 unspecified atom stereocenters. The molecule has 66 valence electrons. The summed E-state index contributed by atoms with van der Waals surface area (Å²) in [7, 11) is 0. The van der Waals surface area contributed by atoms with Crippen molar-refractivity contribution >= 4 is 0 Å². The third kappa shape index (κ3) is 2.19. The van der Waals surface area contributed by atoms with Crippen molar-refractivity contribution in [2.45, 2.75) is 40.2 Å². The van der Waals surface area contributed by atoms with Gasteiger partial charge in [0.25, 0.3) is 0 Å². The van der Waals surface area contributed by atoms with Gasteiger partial charge in [0.15, 0.2) is 0 Å². The van der Waals surface area contributed by atoms with Gasteiger partial charge in [-0.15, -0.1) is 0 Å². The van der Waals surface area contributed by atoms with Crippen LogP contribution >= 0.6 is 0 Å². The lowest BCUT2D eigenvalue weighted by Crippen LogP contribution is -2.28. The molecule has 1 rings (SSSR count). The van der Waals surface area contributed by atoms with Crippen LogP contribution in [0.15, 0.2) is 0 Å². The van der Waals surface area contributed by atoms with Gasteiger partial charge in [-0.1, -0.05) is 13.8 Å². The van der Waals surface area contributed by atoms with Crippen LogP contribution in [-0.4, -0.2) is 24.0 Å². The van der Waals surface area contributed by atoms with Gasteiger partial charge in [-0.2, -0.15) is 0 Å². The first-order valence-corrected chi connectivity index (χ1v) is 4.85. The van der Waals surface area contributed by atoms with Crippen molar-refractivity contribution in [3.63, 3.8) is 0 Å². The standard InChI is InChI=1S/C10H21N/c1-8(2)10-5-6-11(7-10)9(3)4/h8-10H,5-7H2,1-4H3/t10-/m1/s1. The zero-order chi connectivity index (χ0) is 8.43. The van der Waals surface area contributed by atoms with Crippen molar-refractivity contribution < 1.29 is 0 Å². The summed E-state index contributed by atoms with van der Waals surface area (Å²) < 4.78 is 0. The van der Waals surface area contributed by atoms with Crippen molar-refractivity contribution in [3.8, 4) is 0 Å². The lowest BCUT2D eigenvalue weighted by Gasteiger charge is -2.21. The molecule has 1 saturated heterocycles. The molecule has 0 aliphatic carbocycles. The van der Waals surface area contributed by atoms with Crippen LogP contribution in [0.5, 0.6) is 0 Å². The average molecular weight is 155 g/mol. The normalized spacial score (nSPS) is 27.3. The Kier molecular flexibility index (Phi) is 2.94. The van der Waals surface area contributed by atoms with Crippen molar-refractivity contribution in [3.05, 3.63) is 0 Å². The van der Waals surface area contributed by atoms with E-state index in [9.17, 15) is 0 Å². The van der Waals surface area contributed by atoms with Crippen LogP contribution in [0, 0.1) is 11.8 Å². The molecule has 0 N–H and O–H groups in total. The van der Waals surface area contributed by atoms with Crippen molar-refractivity contribution in [2.75, 3.05) is 13.1 Å². The van der Waals surface area contributed by atoms with Gasteiger partial charge in [0.2, 0.25) is 0 Å². The van der Waals surface area contributed by atoms with Crippen LogP contribution in [0.25, 0.3) is 0 Å². The number of hydrogen-bond donors (Lipinski definition) is 0. The highest BCUT2D eigenvalue weighted by atomic mass is 15.2. The lowest BCUT2D eigenvalue weighted by atomic mass is 9.95. The summed E-state index contributed by atoms with van der Waals surface area (Å²) in [6.07, 6.45) is 1.41. The lowest BCUT2D eigenvalue weighted by molar-refractivity contribution is 0.253. The van der Waals surface area contributed by atoms with Crippen LogP contribution in [0.4, 0.5) is 0 Å². The second-order valence-electron chi connectivity index (χ2n) is 4.38. The second-order valence-corrected chi connectivity index (χ2v) is 4.38. The minimum Gasteiger partial charge on any atom is -0.301 e. The Hall–Kier alpha value is -0.0400. The molecule has 1 aliphatic rings. The summed E-state index contributed by atoms with van der Waals surface area (Å²) in [5.74, 6) is 1.83. The quantitative estimate of drug-likeness (QED) is 0.592. The summed E-state index contributed by atoms with van der Waals surface area (Å²) in [5, 5.41) is 0. The first-order chi connectivity index (χ1) is 5.11. The molecular formula is C10H21N. The number of rotatable bonds is 2. The highest BCUT2D eigenvalue weighted by molar-refractivity contribution is 4.79. The van der Waals surface area contributed by atoms with E-state index in [2.05, 4.69) is 32.6 Å². The van der Waals surface area contributed by atoms with E-state index in [-0.39, 0.29) is 0 Å². The Morgan fingerprint density at radius 1 is 1.18 bits per heavy atom. The van der Waals surface area contributed by atoms with E-state index in [4.69, 9.17) is 0 Å². The topological polar surface area (TPSA) is 3.24 Å². The van der Waals surface area contributed by atoms with Gasteiger partial charge in [-0.3, -0.25) is 0 Å². The minimum absolute atomic E-state index is 0.749. The highest BCUT2D eigenvalue weighted by Crippen LogP contribution is 2.24. The Bertz CT molecular complexity index is 104. The van der Waals surface area contributed by atoms with Crippen LogP contribution < -0.4 is 0 Å². The first-order valence-electron chi connectivity index (χ1n) is 4.85. The Balaban J connectivity index is 2.35. The molecule has 1 nitrogen and oxygen atoms in total. The predicted octanol–water partition coefficient (Wildman–Crippen LogP) is 2.37. The SMILES string of the molecule is CC(C)[C@@H]1CCN(C(C)C)C1. The molecule has 0 aromatic carbocycles. The largest absolute Gasteiger partial charge is 0.301 e. The van der Waals surface area contributed by atoms with Crippen molar-refractivity contribution in [1.29, 1.82) is 0 Å². The van der Waals surface area contributed by atoms with E-state index in [0.717, 1.165) is 17.9 Å². The molecule has 0 spiro atoms. The van der Waals surface area contributed by atoms with E-state index < -0.39 is 0 Å². The van der Waals surface area contributed by atoms with Gasteiger partial charge in [0.1, 0.15) is 0 Å². The maximum Gasteiger partial charge on any atom is 0.00387 e. The van der Waals surface area contributed by atoms with Gasteiger partial charge >= 0.3 is 0 Å². The van der Waals surface area contributed by atoms with Gasteiger partial charge < -0.3 is 4.90 Å². The maximum atomic E-state index is 2.59. The molecular weight excluding hydrogens is 134 g/mol. The monoisotopic (exact) mass is 155 g/mol. The van der Waals surface area contributed by atoms with Crippen LogP contribution in [0.3, 0.4) is 0 Å². The van der Waals surface area contributed by atoms with E-state index >= 15 is 0 Å². The second kappa shape index (κ2) is 3.57. The third-order valence-corrected chi connectivity index (χ3v) is 2.93. The molecule has 0 bridgehead atoms. The zero-order valence-corrected chi connectivity index (χ0v) is 8.30. The molecule has 0 saturated carbocycles. The molecule has 1 aliphatic heterocycles. The molecule has 1 heteroatoms. The van der Waals surface area contributed by atoms with Crippen LogP contribution in [0.1, 0.15) is 34.1 Å². The molecule has 0 aromatic heterocycles. The van der Waals surface area contributed by atoms with Crippen molar-refractivity contribution in [1.82, 2.24) is 4.90 Å². The fraction of sp³-hybridized carbons (Fsp3) is 1.00. The van der Waals surface area contributed by atoms with E-state index in [1.165, 1.54) is 19.5 Å². The van der Waals surface area contributed by atoms with Gasteiger partial charge in [0.05, 0.1) is 0 Å². The van der Waals surface area contributed by atoms with E-state index in [1.54, 1.807) is 0 Å². The summed E-state index contributed by atoms with van der Waals surface area (Å²) in [6, 6.07) is 0.749. The Morgan fingerprint density at radius 3 is 2.09 bits per heavy atom. The zero-order valence-electron chi connectivity index (χ0n) is 8.30. The Labute approximate surface area is 70.8 Å². The molecule has 1 fully saturated rings.